The maximum absolute atomic E-state index is 6.39. The molecule has 0 radical (unpaired) electrons. The van der Waals surface area contributed by atoms with E-state index in [4.69, 9.17) is 5.73 Å². The van der Waals surface area contributed by atoms with E-state index < -0.39 is 0 Å². The molecule has 1 aliphatic rings. The molecule has 3 rings (SSSR count). The first kappa shape index (κ1) is 13.8. The van der Waals surface area contributed by atoms with Gasteiger partial charge in [-0.3, -0.25) is 0 Å². The normalized spacial score (nSPS) is 16.7. The number of hydrogen-bond acceptors (Lipinski definition) is 1. The molecule has 0 bridgehead atoms. The van der Waals surface area contributed by atoms with Crippen molar-refractivity contribution in [3.05, 3.63) is 69.7 Å². The number of halogens is 1. The Labute approximate surface area is 129 Å². The molecule has 0 amide bonds. The van der Waals surface area contributed by atoms with Crippen LogP contribution >= 0.6 is 15.9 Å². The van der Waals surface area contributed by atoms with Gasteiger partial charge in [0.05, 0.1) is 0 Å². The molecule has 1 saturated carbocycles. The summed E-state index contributed by atoms with van der Waals surface area (Å²) >= 11 is 3.52. The van der Waals surface area contributed by atoms with Crippen molar-refractivity contribution in [3.63, 3.8) is 0 Å². The summed E-state index contributed by atoms with van der Waals surface area (Å²) in [5.74, 6) is 0.771. The predicted octanol–water partition coefficient (Wildman–Crippen LogP) is 4.96. The molecule has 2 heteroatoms. The Morgan fingerprint density at radius 1 is 1.10 bits per heavy atom. The van der Waals surface area contributed by atoms with Gasteiger partial charge in [0.1, 0.15) is 0 Å². The van der Waals surface area contributed by atoms with Gasteiger partial charge < -0.3 is 5.73 Å². The van der Waals surface area contributed by atoms with Crippen molar-refractivity contribution < 1.29 is 0 Å². The fourth-order valence-corrected chi connectivity index (χ4v) is 3.27. The molecule has 0 spiro atoms. The molecule has 2 N–H and O–H groups in total. The first-order valence-electron chi connectivity index (χ1n) is 7.32. The zero-order valence-corrected chi connectivity index (χ0v) is 13.1. The van der Waals surface area contributed by atoms with Crippen molar-refractivity contribution in [1.82, 2.24) is 0 Å². The van der Waals surface area contributed by atoms with Gasteiger partial charge in [-0.25, -0.2) is 0 Å². The molecule has 0 aliphatic heterocycles. The summed E-state index contributed by atoms with van der Waals surface area (Å²) < 4.78 is 1.12. The highest BCUT2D eigenvalue weighted by Gasteiger charge is 2.20. The standard InChI is InChI=1S/C18H20BrN/c19-17-9-1-4-13(10-17)11-18(20)16-8-3-7-15(12-16)14-5-2-6-14/h1,3-4,7-10,12,14,18H,2,5-6,11,20H2. The van der Waals surface area contributed by atoms with Gasteiger partial charge in [0.15, 0.2) is 0 Å². The fraction of sp³-hybridized carbons (Fsp3) is 0.333. The Balaban J connectivity index is 1.74. The zero-order chi connectivity index (χ0) is 13.9. The summed E-state index contributed by atoms with van der Waals surface area (Å²) in [5.41, 5.74) is 10.4. The second kappa shape index (κ2) is 6.11. The van der Waals surface area contributed by atoms with E-state index in [1.165, 1.54) is 36.0 Å². The van der Waals surface area contributed by atoms with Crippen LogP contribution in [0.3, 0.4) is 0 Å². The molecule has 1 aliphatic carbocycles. The van der Waals surface area contributed by atoms with Crippen LogP contribution in [0.5, 0.6) is 0 Å². The molecule has 1 atom stereocenters. The summed E-state index contributed by atoms with van der Waals surface area (Å²) in [7, 11) is 0. The van der Waals surface area contributed by atoms with Crippen LogP contribution in [0.2, 0.25) is 0 Å². The van der Waals surface area contributed by atoms with Crippen molar-refractivity contribution in [2.45, 2.75) is 37.6 Å². The van der Waals surface area contributed by atoms with Gasteiger partial charge in [-0.1, -0.05) is 58.7 Å². The minimum Gasteiger partial charge on any atom is -0.324 e. The minimum absolute atomic E-state index is 0.0735. The van der Waals surface area contributed by atoms with Crippen molar-refractivity contribution >= 4 is 15.9 Å². The van der Waals surface area contributed by atoms with Crippen molar-refractivity contribution in [3.8, 4) is 0 Å². The van der Waals surface area contributed by atoms with Crippen LogP contribution in [-0.2, 0) is 6.42 Å². The van der Waals surface area contributed by atoms with Gasteiger partial charge >= 0.3 is 0 Å². The maximum atomic E-state index is 6.39. The SMILES string of the molecule is NC(Cc1cccc(Br)c1)c1cccc(C2CCC2)c1. The number of hydrogen-bond donors (Lipinski definition) is 1. The molecule has 2 aromatic rings. The van der Waals surface area contributed by atoms with Crippen LogP contribution in [0, 0.1) is 0 Å². The van der Waals surface area contributed by atoms with E-state index in [0.717, 1.165) is 16.8 Å². The molecule has 104 valence electrons. The summed E-state index contributed by atoms with van der Waals surface area (Å²) in [5, 5.41) is 0. The minimum atomic E-state index is 0.0735. The Morgan fingerprint density at radius 2 is 1.90 bits per heavy atom. The quantitative estimate of drug-likeness (QED) is 0.842. The molecule has 1 nitrogen and oxygen atoms in total. The third-order valence-electron chi connectivity index (χ3n) is 4.26. The Morgan fingerprint density at radius 3 is 2.60 bits per heavy atom. The Bertz CT molecular complexity index is 589. The molecular weight excluding hydrogens is 310 g/mol. The van der Waals surface area contributed by atoms with Crippen molar-refractivity contribution in [2.75, 3.05) is 0 Å². The molecule has 0 aromatic heterocycles. The van der Waals surface area contributed by atoms with Gasteiger partial charge in [0.2, 0.25) is 0 Å². The van der Waals surface area contributed by atoms with E-state index in [9.17, 15) is 0 Å². The average Bonchev–Trinajstić information content (AvgIpc) is 2.37. The fourth-order valence-electron chi connectivity index (χ4n) is 2.82. The van der Waals surface area contributed by atoms with Crippen LogP contribution < -0.4 is 5.73 Å². The van der Waals surface area contributed by atoms with Gasteiger partial charge in [0, 0.05) is 10.5 Å². The molecule has 20 heavy (non-hydrogen) atoms. The predicted molar refractivity (Wildman–Crippen MR) is 87.8 cm³/mol. The highest BCUT2D eigenvalue weighted by molar-refractivity contribution is 9.10. The van der Waals surface area contributed by atoms with Crippen LogP contribution in [0.4, 0.5) is 0 Å². The largest absolute Gasteiger partial charge is 0.324 e. The van der Waals surface area contributed by atoms with Gasteiger partial charge in [-0.05, 0) is 54.0 Å². The first-order valence-corrected chi connectivity index (χ1v) is 8.11. The lowest BCUT2D eigenvalue weighted by molar-refractivity contribution is 0.419. The molecule has 0 heterocycles. The summed E-state index contributed by atoms with van der Waals surface area (Å²) in [6.45, 7) is 0. The summed E-state index contributed by atoms with van der Waals surface area (Å²) in [6.07, 6.45) is 4.93. The highest BCUT2D eigenvalue weighted by atomic mass is 79.9. The van der Waals surface area contributed by atoms with Crippen molar-refractivity contribution in [1.29, 1.82) is 0 Å². The lowest BCUT2D eigenvalue weighted by Crippen LogP contribution is -2.15. The van der Waals surface area contributed by atoms with Gasteiger partial charge in [-0.2, -0.15) is 0 Å². The van der Waals surface area contributed by atoms with E-state index >= 15 is 0 Å². The molecular formula is C18H20BrN. The summed E-state index contributed by atoms with van der Waals surface area (Å²) in [4.78, 5) is 0. The maximum Gasteiger partial charge on any atom is 0.0335 e. The smallest absolute Gasteiger partial charge is 0.0335 e. The third kappa shape index (κ3) is 3.13. The van der Waals surface area contributed by atoms with E-state index in [0.29, 0.717) is 0 Å². The lowest BCUT2D eigenvalue weighted by Gasteiger charge is -2.26. The molecule has 1 fully saturated rings. The molecule has 2 aromatic carbocycles. The monoisotopic (exact) mass is 329 g/mol. The zero-order valence-electron chi connectivity index (χ0n) is 11.6. The van der Waals surface area contributed by atoms with E-state index in [1.54, 1.807) is 0 Å². The number of nitrogens with two attached hydrogens (primary N) is 1. The van der Waals surface area contributed by atoms with E-state index in [2.05, 4.69) is 58.4 Å². The second-order valence-corrected chi connectivity index (χ2v) is 6.65. The van der Waals surface area contributed by atoms with Crippen LogP contribution in [-0.4, -0.2) is 0 Å². The van der Waals surface area contributed by atoms with Gasteiger partial charge in [0.25, 0.3) is 0 Å². The molecule has 1 unspecified atom stereocenters. The summed E-state index contributed by atoms with van der Waals surface area (Å²) in [6, 6.07) is 17.4. The van der Waals surface area contributed by atoms with Crippen LogP contribution in [0.25, 0.3) is 0 Å². The molecule has 0 saturated heterocycles. The van der Waals surface area contributed by atoms with Crippen LogP contribution in [0.15, 0.2) is 53.0 Å². The highest BCUT2D eigenvalue weighted by Crippen LogP contribution is 2.37. The van der Waals surface area contributed by atoms with Gasteiger partial charge in [-0.15, -0.1) is 0 Å². The van der Waals surface area contributed by atoms with E-state index in [-0.39, 0.29) is 6.04 Å². The Hall–Kier alpha value is -1.12. The third-order valence-corrected chi connectivity index (χ3v) is 4.75. The second-order valence-electron chi connectivity index (χ2n) is 5.74. The van der Waals surface area contributed by atoms with Crippen molar-refractivity contribution in [2.24, 2.45) is 5.73 Å². The first-order chi connectivity index (χ1) is 9.72. The number of rotatable bonds is 4. The van der Waals surface area contributed by atoms with Crippen LogP contribution in [0.1, 0.15) is 47.9 Å². The average molecular weight is 330 g/mol. The van der Waals surface area contributed by atoms with E-state index in [1.807, 2.05) is 6.07 Å². The lowest BCUT2D eigenvalue weighted by atomic mass is 9.79. The Kier molecular flexibility index (Phi) is 4.23. The number of benzene rings is 2. The topological polar surface area (TPSA) is 26.0 Å².